The van der Waals surface area contributed by atoms with Crippen molar-refractivity contribution in [1.29, 1.82) is 0 Å². The van der Waals surface area contributed by atoms with Gasteiger partial charge in [0.25, 0.3) is 0 Å². The Balaban J connectivity index is 2.57. The molecule has 15 heavy (non-hydrogen) atoms. The van der Waals surface area contributed by atoms with Gasteiger partial charge in [0.1, 0.15) is 6.04 Å². The fourth-order valence-corrected chi connectivity index (χ4v) is 1.28. The number of rotatable bonds is 5. The van der Waals surface area contributed by atoms with E-state index in [2.05, 4.69) is 24.1 Å². The molecule has 84 valence electrons. The maximum Gasteiger partial charge on any atom is 0.320 e. The first-order chi connectivity index (χ1) is 7.02. The summed E-state index contributed by atoms with van der Waals surface area (Å²) in [5.74, 6) is -0.842. The zero-order valence-corrected chi connectivity index (χ0v) is 9.27. The van der Waals surface area contributed by atoms with Gasteiger partial charge in [-0.1, -0.05) is 0 Å². The summed E-state index contributed by atoms with van der Waals surface area (Å²) < 4.78 is 2.02. The lowest BCUT2D eigenvalue weighted by atomic mass is 10.3. The molecule has 1 atom stereocenters. The van der Waals surface area contributed by atoms with Gasteiger partial charge in [-0.3, -0.25) is 10.1 Å². The normalized spacial score (nSPS) is 13.1. The van der Waals surface area contributed by atoms with E-state index in [1.807, 2.05) is 4.57 Å². The third kappa shape index (κ3) is 3.06. The van der Waals surface area contributed by atoms with E-state index in [0.29, 0.717) is 12.6 Å². The van der Waals surface area contributed by atoms with Gasteiger partial charge in [-0.2, -0.15) is 0 Å². The van der Waals surface area contributed by atoms with Gasteiger partial charge in [-0.05, 0) is 20.8 Å². The van der Waals surface area contributed by atoms with Crippen molar-refractivity contribution in [2.75, 3.05) is 0 Å². The molecule has 1 aromatic rings. The second kappa shape index (κ2) is 4.93. The summed E-state index contributed by atoms with van der Waals surface area (Å²) in [6, 6.07) is -0.204. The van der Waals surface area contributed by atoms with Crippen molar-refractivity contribution in [3.63, 3.8) is 0 Å². The number of carbonyl (C=O) groups is 1. The topological polar surface area (TPSA) is 67.2 Å². The van der Waals surface area contributed by atoms with Crippen LogP contribution in [0.15, 0.2) is 12.5 Å². The van der Waals surface area contributed by atoms with Crippen molar-refractivity contribution in [2.45, 2.75) is 39.4 Å². The van der Waals surface area contributed by atoms with E-state index in [4.69, 9.17) is 5.11 Å². The summed E-state index contributed by atoms with van der Waals surface area (Å²) in [5, 5.41) is 11.6. The highest BCUT2D eigenvalue weighted by molar-refractivity contribution is 5.72. The zero-order valence-electron chi connectivity index (χ0n) is 9.27. The average Bonchev–Trinajstić information content (AvgIpc) is 2.61. The molecule has 0 spiro atoms. The minimum atomic E-state index is -0.842. The number of carboxylic acid groups (broad SMARTS) is 1. The minimum Gasteiger partial charge on any atom is -0.480 e. The first kappa shape index (κ1) is 11.7. The molecule has 0 aliphatic rings. The number of hydrogen-bond acceptors (Lipinski definition) is 3. The number of nitrogens with one attached hydrogen (secondary N) is 1. The highest BCUT2D eigenvalue weighted by Crippen LogP contribution is 2.08. The smallest absolute Gasteiger partial charge is 0.320 e. The predicted octanol–water partition coefficient (Wildman–Crippen LogP) is 1.03. The van der Waals surface area contributed by atoms with Gasteiger partial charge in [0.15, 0.2) is 0 Å². The number of hydrogen-bond donors (Lipinski definition) is 2. The van der Waals surface area contributed by atoms with Gasteiger partial charge < -0.3 is 9.67 Å². The molecule has 1 rings (SSSR count). The van der Waals surface area contributed by atoms with Gasteiger partial charge in [0.2, 0.25) is 0 Å². The molecule has 1 heterocycles. The van der Waals surface area contributed by atoms with Crippen molar-refractivity contribution in [3.8, 4) is 0 Å². The lowest BCUT2D eigenvalue weighted by Gasteiger charge is -2.13. The predicted molar refractivity (Wildman–Crippen MR) is 56.5 cm³/mol. The van der Waals surface area contributed by atoms with Crippen LogP contribution >= 0.6 is 0 Å². The number of nitrogens with zero attached hydrogens (tertiary/aromatic N) is 2. The van der Waals surface area contributed by atoms with Gasteiger partial charge in [-0.25, -0.2) is 4.98 Å². The summed E-state index contributed by atoms with van der Waals surface area (Å²) >= 11 is 0. The van der Waals surface area contributed by atoms with Crippen LogP contribution in [0.4, 0.5) is 0 Å². The first-order valence-electron chi connectivity index (χ1n) is 4.99. The van der Waals surface area contributed by atoms with Crippen molar-refractivity contribution in [1.82, 2.24) is 14.9 Å². The maximum atomic E-state index is 10.6. The summed E-state index contributed by atoms with van der Waals surface area (Å²) in [7, 11) is 0. The summed E-state index contributed by atoms with van der Waals surface area (Å²) in [6.45, 7) is 6.27. The summed E-state index contributed by atoms with van der Waals surface area (Å²) in [4.78, 5) is 14.6. The van der Waals surface area contributed by atoms with E-state index >= 15 is 0 Å². The number of imidazole rings is 1. The molecule has 0 aliphatic carbocycles. The second-order valence-electron chi connectivity index (χ2n) is 3.83. The van der Waals surface area contributed by atoms with Crippen LogP contribution in [0.25, 0.3) is 0 Å². The molecule has 1 aromatic heterocycles. The number of aliphatic carboxylic acids is 1. The third-order valence-electron chi connectivity index (χ3n) is 2.26. The van der Waals surface area contributed by atoms with Gasteiger partial charge in [0, 0.05) is 18.8 Å². The molecule has 0 radical (unpaired) electrons. The molecule has 0 aromatic carbocycles. The molecule has 0 unspecified atom stereocenters. The Morgan fingerprint density at radius 1 is 1.60 bits per heavy atom. The largest absolute Gasteiger partial charge is 0.480 e. The van der Waals surface area contributed by atoms with Crippen LogP contribution in [-0.2, 0) is 11.3 Å². The van der Waals surface area contributed by atoms with Crippen LogP contribution in [0.2, 0.25) is 0 Å². The van der Waals surface area contributed by atoms with Crippen LogP contribution in [0.1, 0.15) is 32.5 Å². The van der Waals surface area contributed by atoms with Crippen molar-refractivity contribution < 1.29 is 9.90 Å². The van der Waals surface area contributed by atoms with E-state index in [-0.39, 0.29) is 0 Å². The molecule has 0 amide bonds. The first-order valence-corrected chi connectivity index (χ1v) is 4.99. The SMILES string of the molecule is CC(C)n1cncc1CN[C@H](C)C(=O)O. The molecule has 0 saturated heterocycles. The number of carboxylic acids is 1. The Morgan fingerprint density at radius 2 is 2.27 bits per heavy atom. The Labute approximate surface area is 89.1 Å². The Morgan fingerprint density at radius 3 is 2.80 bits per heavy atom. The van der Waals surface area contributed by atoms with E-state index in [9.17, 15) is 4.79 Å². The minimum absolute atomic E-state index is 0.337. The van der Waals surface area contributed by atoms with E-state index in [1.54, 1.807) is 19.4 Å². The number of aromatic nitrogens is 2. The molecular weight excluding hydrogens is 194 g/mol. The van der Waals surface area contributed by atoms with Crippen molar-refractivity contribution in [3.05, 3.63) is 18.2 Å². The highest BCUT2D eigenvalue weighted by Gasteiger charge is 2.11. The molecule has 5 heteroatoms. The van der Waals surface area contributed by atoms with Crippen LogP contribution in [0.3, 0.4) is 0 Å². The lowest BCUT2D eigenvalue weighted by Crippen LogP contribution is -2.33. The molecule has 5 nitrogen and oxygen atoms in total. The molecule has 2 N–H and O–H groups in total. The average molecular weight is 211 g/mol. The summed E-state index contributed by atoms with van der Waals surface area (Å²) in [6.07, 6.45) is 3.51. The van der Waals surface area contributed by atoms with Crippen LogP contribution < -0.4 is 5.32 Å². The van der Waals surface area contributed by atoms with Crippen LogP contribution in [0.5, 0.6) is 0 Å². The van der Waals surface area contributed by atoms with E-state index in [0.717, 1.165) is 5.69 Å². The van der Waals surface area contributed by atoms with Crippen LogP contribution in [0, 0.1) is 0 Å². The Kier molecular flexibility index (Phi) is 3.85. The fourth-order valence-electron chi connectivity index (χ4n) is 1.28. The van der Waals surface area contributed by atoms with Gasteiger partial charge >= 0.3 is 5.97 Å². The maximum absolute atomic E-state index is 10.6. The Hall–Kier alpha value is -1.36. The van der Waals surface area contributed by atoms with Gasteiger partial charge in [0.05, 0.1) is 12.0 Å². The highest BCUT2D eigenvalue weighted by atomic mass is 16.4. The molecule has 0 fully saturated rings. The van der Waals surface area contributed by atoms with Crippen molar-refractivity contribution in [2.24, 2.45) is 0 Å². The lowest BCUT2D eigenvalue weighted by molar-refractivity contribution is -0.139. The Bertz CT molecular complexity index is 333. The van der Waals surface area contributed by atoms with Crippen LogP contribution in [-0.4, -0.2) is 26.7 Å². The second-order valence-corrected chi connectivity index (χ2v) is 3.83. The molecule has 0 bridgehead atoms. The summed E-state index contributed by atoms with van der Waals surface area (Å²) in [5.41, 5.74) is 0.998. The monoisotopic (exact) mass is 211 g/mol. The van der Waals surface area contributed by atoms with Crippen molar-refractivity contribution >= 4 is 5.97 Å². The molecular formula is C10H17N3O2. The van der Waals surface area contributed by atoms with E-state index in [1.165, 1.54) is 0 Å². The standard InChI is InChI=1S/C10H17N3O2/c1-7(2)13-6-11-4-9(13)5-12-8(3)10(14)15/h4,6-8,12H,5H2,1-3H3,(H,14,15)/t8-/m1/s1. The third-order valence-corrected chi connectivity index (χ3v) is 2.26. The zero-order chi connectivity index (χ0) is 11.4. The van der Waals surface area contributed by atoms with E-state index < -0.39 is 12.0 Å². The molecule has 0 saturated carbocycles. The quantitative estimate of drug-likeness (QED) is 0.763. The fraction of sp³-hybridized carbons (Fsp3) is 0.600. The molecule has 0 aliphatic heterocycles. The van der Waals surface area contributed by atoms with Gasteiger partial charge in [-0.15, -0.1) is 0 Å².